The monoisotopic (exact) mass is 587 g/mol. The molecule has 0 aliphatic heterocycles. The second-order valence-electron chi connectivity index (χ2n) is 9.12. The summed E-state index contributed by atoms with van der Waals surface area (Å²) < 4.78 is 29.6. The van der Waals surface area contributed by atoms with Crippen LogP contribution in [-0.4, -0.2) is 42.8 Å². The minimum atomic E-state index is -3.07. The summed E-state index contributed by atoms with van der Waals surface area (Å²) in [4.78, 5) is 0. The Morgan fingerprint density at radius 2 is 1.88 bits per heavy atom. The number of ether oxygens (including phenoxy) is 1. The predicted molar refractivity (Wildman–Crippen MR) is 97.7 cm³/mol. The summed E-state index contributed by atoms with van der Waals surface area (Å²) in [5.41, 5.74) is 0.175. The summed E-state index contributed by atoms with van der Waals surface area (Å²) in [6.07, 6.45) is 5.94. The van der Waals surface area contributed by atoms with Gasteiger partial charge in [0.2, 0.25) is 0 Å². The maximum Gasteiger partial charge on any atom is 0.155 e. The average molecular weight is 588 g/mol. The van der Waals surface area contributed by atoms with Gasteiger partial charge in [-0.1, -0.05) is 13.3 Å². The van der Waals surface area contributed by atoms with Gasteiger partial charge in [0, 0.05) is 50.7 Å². The van der Waals surface area contributed by atoms with E-state index in [9.17, 15) is 13.5 Å². The molecule has 2 aliphatic rings. The number of hydrogen-bond donors (Lipinski definition) is 1. The minimum absolute atomic E-state index is 0. The van der Waals surface area contributed by atoms with Gasteiger partial charge >= 0.3 is 0 Å². The minimum Gasteiger partial charge on any atom is -0.393 e. The third-order valence-electron chi connectivity index (χ3n) is 6.60. The van der Waals surface area contributed by atoms with E-state index in [2.05, 4.69) is 13.8 Å². The first kappa shape index (κ1) is 24.3. The van der Waals surface area contributed by atoms with Crippen molar-refractivity contribution >= 4 is 9.84 Å². The van der Waals surface area contributed by atoms with Gasteiger partial charge in [0.25, 0.3) is 0 Å². The molecule has 0 spiro atoms. The van der Waals surface area contributed by atoms with E-state index >= 15 is 0 Å². The molecular formula is C19H36AcO4S. The van der Waals surface area contributed by atoms with Gasteiger partial charge < -0.3 is 9.84 Å². The van der Waals surface area contributed by atoms with Crippen molar-refractivity contribution in [3.8, 4) is 0 Å². The Hall–Kier alpha value is 1.31. The van der Waals surface area contributed by atoms with Gasteiger partial charge in [-0.3, -0.25) is 0 Å². The molecule has 1 radical (unpaired) electrons. The summed E-state index contributed by atoms with van der Waals surface area (Å²) >= 11 is 0. The van der Waals surface area contributed by atoms with E-state index in [1.165, 1.54) is 6.42 Å². The number of fused-ring (bicyclic) bond motifs is 1. The van der Waals surface area contributed by atoms with Crippen LogP contribution >= 0.6 is 0 Å². The predicted octanol–water partition coefficient (Wildman–Crippen LogP) is 3.57. The second-order valence-corrected chi connectivity index (χ2v) is 12.0. The summed E-state index contributed by atoms with van der Waals surface area (Å²) in [6.45, 7) is 10.2. The van der Waals surface area contributed by atoms with Gasteiger partial charge in [0.1, 0.15) is 0 Å². The number of aliphatic hydroxyl groups excluding tert-OH is 1. The van der Waals surface area contributed by atoms with E-state index in [1.54, 1.807) is 20.8 Å². The van der Waals surface area contributed by atoms with Crippen LogP contribution in [0, 0.1) is 61.3 Å². The molecule has 145 valence electrons. The molecule has 2 aliphatic carbocycles. The van der Waals surface area contributed by atoms with Crippen LogP contribution in [0.25, 0.3) is 0 Å². The maximum absolute atomic E-state index is 12.1. The Labute approximate surface area is 190 Å². The van der Waals surface area contributed by atoms with Crippen LogP contribution in [0.1, 0.15) is 73.1 Å². The summed E-state index contributed by atoms with van der Waals surface area (Å²) in [7, 11) is -3.07. The van der Waals surface area contributed by atoms with Crippen LogP contribution < -0.4 is 0 Å². The molecule has 0 heterocycles. The van der Waals surface area contributed by atoms with Crippen molar-refractivity contribution in [2.75, 3.05) is 12.4 Å². The largest absolute Gasteiger partial charge is 0.393 e. The molecule has 4 nitrogen and oxygen atoms in total. The Morgan fingerprint density at radius 1 is 1.24 bits per heavy atom. The molecule has 5 atom stereocenters. The first-order valence-electron chi connectivity index (χ1n) is 9.51. The van der Waals surface area contributed by atoms with Crippen molar-refractivity contribution in [3.63, 3.8) is 0 Å². The van der Waals surface area contributed by atoms with Crippen molar-refractivity contribution in [1.29, 1.82) is 0 Å². The molecule has 5 unspecified atom stereocenters. The maximum atomic E-state index is 12.1. The third kappa shape index (κ3) is 5.43. The van der Waals surface area contributed by atoms with Crippen molar-refractivity contribution < 1.29 is 62.3 Å². The van der Waals surface area contributed by atoms with Gasteiger partial charge in [0.15, 0.2) is 9.84 Å². The average Bonchev–Trinajstić information content (AvgIpc) is 2.81. The van der Waals surface area contributed by atoms with Crippen molar-refractivity contribution in [1.82, 2.24) is 0 Å². The zero-order chi connectivity index (χ0) is 18.2. The van der Waals surface area contributed by atoms with E-state index in [1.807, 2.05) is 0 Å². The Morgan fingerprint density at radius 3 is 2.48 bits per heavy atom. The fourth-order valence-corrected chi connectivity index (χ4v) is 6.01. The smallest absolute Gasteiger partial charge is 0.155 e. The van der Waals surface area contributed by atoms with Gasteiger partial charge in [-0.15, -0.1) is 0 Å². The Bertz CT molecular complexity index is 528. The number of aliphatic hydroxyl groups is 1. The van der Waals surface area contributed by atoms with Crippen LogP contribution in [0.2, 0.25) is 0 Å². The fourth-order valence-electron chi connectivity index (χ4n) is 4.90. The van der Waals surface area contributed by atoms with Crippen LogP contribution in [0.15, 0.2) is 0 Å². The number of hydrogen-bond acceptors (Lipinski definition) is 4. The van der Waals surface area contributed by atoms with Crippen LogP contribution in [0.5, 0.6) is 0 Å². The molecular weight excluding hydrogens is 551 g/mol. The molecule has 2 saturated carbocycles. The quantitative estimate of drug-likeness (QED) is 0.483. The Balaban J connectivity index is 0.00000312. The molecule has 1 N–H and O–H groups in total. The van der Waals surface area contributed by atoms with E-state index in [4.69, 9.17) is 4.74 Å². The Kier molecular flexibility index (Phi) is 8.97. The molecule has 0 aromatic heterocycles. The van der Waals surface area contributed by atoms with E-state index in [0.717, 1.165) is 25.7 Å². The molecule has 25 heavy (non-hydrogen) atoms. The zero-order valence-electron chi connectivity index (χ0n) is 16.6. The molecule has 0 bridgehead atoms. The number of sulfone groups is 1. The molecule has 0 aromatic rings. The van der Waals surface area contributed by atoms with Crippen molar-refractivity contribution in [2.24, 2.45) is 17.3 Å². The molecule has 6 heteroatoms. The number of rotatable bonds is 6. The van der Waals surface area contributed by atoms with Crippen molar-refractivity contribution in [3.05, 3.63) is 0 Å². The van der Waals surface area contributed by atoms with E-state index in [0.29, 0.717) is 24.9 Å². The second kappa shape index (κ2) is 9.21. The zero-order valence-corrected chi connectivity index (χ0v) is 22.2. The molecule has 2 fully saturated rings. The van der Waals surface area contributed by atoms with Gasteiger partial charge in [-0.2, -0.15) is 0 Å². The van der Waals surface area contributed by atoms with E-state index < -0.39 is 14.6 Å². The van der Waals surface area contributed by atoms with Gasteiger partial charge in [-0.25, -0.2) is 8.42 Å². The summed E-state index contributed by atoms with van der Waals surface area (Å²) in [5.74, 6) is 1.06. The molecule has 0 aromatic carbocycles. The standard InChI is InChI=1S/C19H36O4S.Ac/c1-14(23-12-7-13-24(21,22)18(2,3)4)15-9-10-16-17(20)8-6-11-19(15,16)5;/h14-17,20H,6-13H2,1-5H3;. The van der Waals surface area contributed by atoms with Crippen LogP contribution in [0.4, 0.5) is 0 Å². The van der Waals surface area contributed by atoms with Crippen molar-refractivity contribution in [2.45, 2.75) is 90.1 Å². The molecule has 0 saturated heterocycles. The molecule has 0 amide bonds. The fraction of sp³-hybridized carbons (Fsp3) is 1.00. The van der Waals surface area contributed by atoms with E-state index in [-0.39, 0.29) is 67.4 Å². The normalized spacial score (nSPS) is 34.2. The van der Waals surface area contributed by atoms with Gasteiger partial charge in [-0.05, 0) is 77.0 Å². The van der Waals surface area contributed by atoms with Crippen LogP contribution in [0.3, 0.4) is 0 Å². The SMILES string of the molecule is CC(OCCCS(=O)(=O)C(C)(C)C)C1CCC2C(O)CCCC21C.[Ac]. The first-order chi connectivity index (χ1) is 11.0. The summed E-state index contributed by atoms with van der Waals surface area (Å²) in [5, 5.41) is 10.3. The first-order valence-corrected chi connectivity index (χ1v) is 11.2. The molecule has 2 rings (SSSR count). The van der Waals surface area contributed by atoms with Gasteiger partial charge in [0.05, 0.1) is 22.7 Å². The topological polar surface area (TPSA) is 63.6 Å². The summed E-state index contributed by atoms with van der Waals surface area (Å²) in [6, 6.07) is 0. The van der Waals surface area contributed by atoms with Crippen LogP contribution in [-0.2, 0) is 14.6 Å². The third-order valence-corrected chi connectivity index (χ3v) is 9.29.